The average Bonchev–Trinajstić information content (AvgIpc) is 3.49. The van der Waals surface area contributed by atoms with Crippen LogP contribution in [0.2, 0.25) is 0 Å². The van der Waals surface area contributed by atoms with Crippen molar-refractivity contribution >= 4 is 73.5 Å². The first kappa shape index (κ1) is 22.4. The molecule has 0 saturated heterocycles. The number of hydrogen-bond acceptors (Lipinski definition) is 5. The Labute approximate surface area is 204 Å². The summed E-state index contributed by atoms with van der Waals surface area (Å²) in [5.41, 5.74) is 9.63. The third kappa shape index (κ3) is 3.91. The fourth-order valence-corrected chi connectivity index (χ4v) is 5.37. The van der Waals surface area contributed by atoms with Gasteiger partial charge in [0, 0.05) is 62.5 Å². The second-order valence-corrected chi connectivity index (χ2v) is 9.98. The predicted molar refractivity (Wildman–Crippen MR) is 141 cm³/mol. The van der Waals surface area contributed by atoms with Gasteiger partial charge in [-0.2, -0.15) is 0 Å². The molecule has 2 aromatic heterocycles. The second-order valence-electron chi connectivity index (χ2n) is 7.97. The number of amides is 2. The van der Waals surface area contributed by atoms with E-state index in [1.165, 1.54) is 11.8 Å². The average molecular weight is 490 g/mol. The number of hydrogen-bond donors (Lipinski definition) is 4. The second kappa shape index (κ2) is 9.08. The number of rotatable bonds is 7. The molecule has 9 heteroatoms. The molecule has 5 rings (SSSR count). The molecule has 0 radical (unpaired) electrons. The van der Waals surface area contributed by atoms with E-state index in [1.54, 1.807) is 18.0 Å². The van der Waals surface area contributed by atoms with Crippen LogP contribution >= 0.6 is 23.5 Å². The van der Waals surface area contributed by atoms with Gasteiger partial charge in [0.25, 0.3) is 11.8 Å². The molecule has 0 bridgehead atoms. The maximum absolute atomic E-state index is 13.1. The number of fused-ring (bicyclic) bond motifs is 2. The smallest absolute Gasteiger partial charge is 0.259 e. The van der Waals surface area contributed by atoms with Gasteiger partial charge in [0.05, 0.1) is 11.1 Å². The van der Waals surface area contributed by atoms with Crippen molar-refractivity contribution in [2.24, 2.45) is 5.73 Å². The van der Waals surface area contributed by atoms with Crippen LogP contribution in [0.15, 0.2) is 59.8 Å². The van der Waals surface area contributed by atoms with Crippen molar-refractivity contribution in [3.8, 4) is 0 Å². The molecule has 2 aromatic carbocycles. The van der Waals surface area contributed by atoms with Gasteiger partial charge in [-0.1, -0.05) is 36.0 Å². The lowest BCUT2D eigenvalue weighted by Gasteiger charge is -2.06. The molecule has 7 nitrogen and oxygen atoms in total. The van der Waals surface area contributed by atoms with Gasteiger partial charge in [0.15, 0.2) is 5.17 Å². The minimum atomic E-state index is -0.385. The Hall–Kier alpha value is -3.43. The first-order chi connectivity index (χ1) is 16.5. The molecule has 0 atom stereocenters. The largest absolute Gasteiger partial charge is 0.379 e. The van der Waals surface area contributed by atoms with Crippen LogP contribution in [0, 0.1) is 5.41 Å². The first-order valence-electron chi connectivity index (χ1n) is 10.8. The topological polar surface area (TPSA) is 117 Å². The molecular weight excluding hydrogens is 466 g/mol. The zero-order valence-electron chi connectivity index (χ0n) is 18.5. The molecule has 0 unspecified atom stereocenters. The minimum Gasteiger partial charge on any atom is -0.379 e. The fraction of sp³-hybridized carbons (Fsp3) is 0.160. The number of nitrogens with two attached hydrogens (primary N) is 1. The van der Waals surface area contributed by atoms with Gasteiger partial charge in [-0.15, -0.1) is 11.8 Å². The monoisotopic (exact) mass is 489 g/mol. The molecule has 1 aliphatic heterocycles. The highest BCUT2D eigenvalue weighted by Crippen LogP contribution is 2.39. The van der Waals surface area contributed by atoms with E-state index >= 15 is 0 Å². The van der Waals surface area contributed by atoms with E-state index in [0.29, 0.717) is 23.3 Å². The van der Waals surface area contributed by atoms with Crippen LogP contribution in [0.3, 0.4) is 0 Å². The highest BCUT2D eigenvalue weighted by molar-refractivity contribution is 8.13. The number of benzene rings is 2. The zero-order chi connectivity index (χ0) is 23.8. The van der Waals surface area contributed by atoms with Gasteiger partial charge in [-0.3, -0.25) is 20.3 Å². The number of thioether (sulfide) groups is 2. The molecule has 34 heavy (non-hydrogen) atoms. The molecule has 4 aromatic rings. The Kier molecular flexibility index (Phi) is 5.97. The van der Waals surface area contributed by atoms with Gasteiger partial charge in [0.1, 0.15) is 0 Å². The number of aromatic nitrogens is 2. The Morgan fingerprint density at radius 3 is 2.59 bits per heavy atom. The fourth-order valence-electron chi connectivity index (χ4n) is 4.45. The number of amidine groups is 1. The van der Waals surface area contributed by atoms with Crippen LogP contribution in [0.4, 0.5) is 0 Å². The molecule has 0 aliphatic carbocycles. The van der Waals surface area contributed by atoms with E-state index in [-0.39, 0.29) is 17.0 Å². The molecule has 0 saturated carbocycles. The molecule has 5 N–H and O–H groups in total. The summed E-state index contributed by atoms with van der Waals surface area (Å²) >= 11 is 2.97. The summed E-state index contributed by atoms with van der Waals surface area (Å²) in [6.07, 6.45) is 6.60. The SMILES string of the molecule is CSc1ccc2c(C3=C(c4c[nH]c5ccccc45)C(=O)NC3=O)cn(CCCSC(=N)N)c2c1. The summed E-state index contributed by atoms with van der Waals surface area (Å²) in [5.74, 6) is -0.0379. The maximum atomic E-state index is 13.1. The number of imide groups is 1. The Balaban J connectivity index is 1.67. The molecular formula is C25H23N5O2S2. The van der Waals surface area contributed by atoms with Gasteiger partial charge in [-0.05, 0) is 30.9 Å². The number of para-hydroxylation sites is 1. The standard InChI is InChI=1S/C25H23N5O2S2/c1-33-14-7-8-16-18(13-30(20(16)11-14)9-4-10-34-25(26)27)22-21(23(31)29-24(22)32)17-12-28-19-6-3-2-5-15(17)19/h2-3,5-8,11-13,28H,4,9-10H2,1H3,(H3,26,27)(H,29,31,32). The number of nitrogens with one attached hydrogen (secondary N) is 3. The van der Waals surface area contributed by atoms with Crippen molar-refractivity contribution in [2.45, 2.75) is 17.9 Å². The van der Waals surface area contributed by atoms with Crippen molar-refractivity contribution in [3.63, 3.8) is 0 Å². The van der Waals surface area contributed by atoms with Crippen LogP contribution in [0.5, 0.6) is 0 Å². The summed E-state index contributed by atoms with van der Waals surface area (Å²) in [6.45, 7) is 0.708. The molecule has 3 heterocycles. The Morgan fingerprint density at radius 1 is 1.06 bits per heavy atom. The van der Waals surface area contributed by atoms with Crippen LogP contribution in [0.1, 0.15) is 17.5 Å². The van der Waals surface area contributed by atoms with Crippen molar-refractivity contribution in [1.82, 2.24) is 14.9 Å². The third-order valence-electron chi connectivity index (χ3n) is 5.95. The number of carbonyl (C=O) groups excluding carboxylic acids is 2. The third-order valence-corrected chi connectivity index (χ3v) is 7.48. The number of aryl methyl sites for hydroxylation is 1. The van der Waals surface area contributed by atoms with Crippen LogP contribution in [-0.4, -0.2) is 38.5 Å². The van der Waals surface area contributed by atoms with E-state index in [0.717, 1.165) is 44.4 Å². The summed E-state index contributed by atoms with van der Waals surface area (Å²) in [5, 5.41) is 11.9. The number of aromatic amines is 1. The Morgan fingerprint density at radius 2 is 1.82 bits per heavy atom. The van der Waals surface area contributed by atoms with Gasteiger partial charge < -0.3 is 15.3 Å². The molecule has 1 aliphatic rings. The summed E-state index contributed by atoms with van der Waals surface area (Å²) in [7, 11) is 0. The molecule has 0 fully saturated rings. The number of carbonyl (C=O) groups is 2. The van der Waals surface area contributed by atoms with E-state index in [9.17, 15) is 9.59 Å². The van der Waals surface area contributed by atoms with Crippen molar-refractivity contribution in [2.75, 3.05) is 12.0 Å². The molecule has 0 spiro atoms. The van der Waals surface area contributed by atoms with Crippen molar-refractivity contribution in [3.05, 3.63) is 66.0 Å². The summed E-state index contributed by atoms with van der Waals surface area (Å²) in [6, 6.07) is 13.9. The van der Waals surface area contributed by atoms with Gasteiger partial charge in [-0.25, -0.2) is 0 Å². The van der Waals surface area contributed by atoms with Crippen LogP contribution in [0.25, 0.3) is 33.0 Å². The highest BCUT2D eigenvalue weighted by atomic mass is 32.2. The normalized spacial score (nSPS) is 13.9. The van der Waals surface area contributed by atoms with E-state index in [4.69, 9.17) is 11.1 Å². The quantitative estimate of drug-likeness (QED) is 0.101. The zero-order valence-corrected chi connectivity index (χ0v) is 20.1. The van der Waals surface area contributed by atoms with Crippen LogP contribution < -0.4 is 11.1 Å². The van der Waals surface area contributed by atoms with E-state index in [2.05, 4.69) is 20.9 Å². The highest BCUT2D eigenvalue weighted by Gasteiger charge is 2.35. The van der Waals surface area contributed by atoms with Crippen LogP contribution in [-0.2, 0) is 16.1 Å². The van der Waals surface area contributed by atoms with Crippen molar-refractivity contribution in [1.29, 1.82) is 5.41 Å². The lowest BCUT2D eigenvalue weighted by Crippen LogP contribution is -2.22. The lowest BCUT2D eigenvalue weighted by molar-refractivity contribution is -0.122. The number of nitrogens with zero attached hydrogens (tertiary/aromatic N) is 1. The number of H-pyrrole nitrogens is 1. The molecule has 2 amide bonds. The van der Waals surface area contributed by atoms with Gasteiger partial charge >= 0.3 is 0 Å². The molecule has 172 valence electrons. The van der Waals surface area contributed by atoms with Gasteiger partial charge in [0.2, 0.25) is 0 Å². The summed E-state index contributed by atoms with van der Waals surface area (Å²) < 4.78 is 2.13. The lowest BCUT2D eigenvalue weighted by atomic mass is 9.95. The van der Waals surface area contributed by atoms with E-state index in [1.807, 2.05) is 48.9 Å². The van der Waals surface area contributed by atoms with E-state index < -0.39 is 0 Å². The Bertz CT molecular complexity index is 1500. The van der Waals surface area contributed by atoms with Crippen molar-refractivity contribution < 1.29 is 9.59 Å². The minimum absolute atomic E-state index is 0.109. The maximum Gasteiger partial charge on any atom is 0.259 e. The first-order valence-corrected chi connectivity index (χ1v) is 13.0. The predicted octanol–water partition coefficient (Wildman–Crippen LogP) is 4.43. The summed E-state index contributed by atoms with van der Waals surface area (Å²) in [4.78, 5) is 30.4.